The van der Waals surface area contributed by atoms with Crippen molar-refractivity contribution >= 4 is 22.6 Å². The highest BCUT2D eigenvalue weighted by Crippen LogP contribution is 2.09. The van der Waals surface area contributed by atoms with Crippen LogP contribution in [0.2, 0.25) is 0 Å². The number of aromatic amines is 1. The molecule has 1 aromatic carbocycles. The first-order valence-corrected chi connectivity index (χ1v) is 5.72. The lowest BCUT2D eigenvalue weighted by molar-refractivity contribution is 0.612. The predicted octanol–water partition coefficient (Wildman–Crippen LogP) is 2.10. The molecule has 2 rings (SSSR count). The summed E-state index contributed by atoms with van der Waals surface area (Å²) in [6.07, 6.45) is 1.77. The average Bonchev–Trinajstić information content (AvgIpc) is 2.27. The van der Waals surface area contributed by atoms with E-state index in [1.54, 1.807) is 18.2 Å². The lowest BCUT2D eigenvalue weighted by Crippen LogP contribution is -2.14. The third kappa shape index (κ3) is 2.46. The van der Waals surface area contributed by atoms with E-state index in [0.29, 0.717) is 21.4 Å². The zero-order chi connectivity index (χ0) is 11.5. The molecule has 16 heavy (non-hydrogen) atoms. The maximum atomic E-state index is 13.3. The van der Waals surface area contributed by atoms with E-state index in [0.717, 1.165) is 0 Å². The average molecular weight is 330 g/mol. The second-order valence-corrected chi connectivity index (χ2v) is 4.44. The van der Waals surface area contributed by atoms with E-state index >= 15 is 0 Å². The van der Waals surface area contributed by atoms with E-state index in [1.165, 1.54) is 12.3 Å². The van der Waals surface area contributed by atoms with Gasteiger partial charge in [0.2, 0.25) is 0 Å². The summed E-state index contributed by atoms with van der Waals surface area (Å²) >= 11 is 1.90. The fraction of sp³-hybridized carbons (Fsp3) is 0.0909. The Morgan fingerprint density at radius 1 is 1.38 bits per heavy atom. The van der Waals surface area contributed by atoms with Crippen LogP contribution in [-0.4, -0.2) is 9.97 Å². The third-order valence-electron chi connectivity index (χ3n) is 2.12. The Morgan fingerprint density at radius 3 is 2.81 bits per heavy atom. The number of hydrogen-bond donors (Lipinski definition) is 1. The van der Waals surface area contributed by atoms with Crippen molar-refractivity contribution in [1.29, 1.82) is 0 Å². The van der Waals surface area contributed by atoms with E-state index in [9.17, 15) is 9.18 Å². The molecule has 0 amide bonds. The molecule has 0 unspecified atom stereocenters. The van der Waals surface area contributed by atoms with Gasteiger partial charge in [0.15, 0.2) is 0 Å². The molecule has 0 spiro atoms. The summed E-state index contributed by atoms with van der Waals surface area (Å²) in [7, 11) is 0. The van der Waals surface area contributed by atoms with Gasteiger partial charge in [-0.25, -0.2) is 9.37 Å². The number of nitrogens with one attached hydrogen (secondary N) is 1. The molecular formula is C11H8FIN2O. The van der Waals surface area contributed by atoms with Gasteiger partial charge in [0.05, 0.1) is 3.57 Å². The van der Waals surface area contributed by atoms with Gasteiger partial charge in [-0.2, -0.15) is 0 Å². The summed E-state index contributed by atoms with van der Waals surface area (Å²) in [5, 5.41) is 0. The number of rotatable bonds is 2. The Kier molecular flexibility index (Phi) is 3.33. The molecule has 0 aliphatic carbocycles. The Balaban J connectivity index is 2.31. The van der Waals surface area contributed by atoms with Gasteiger partial charge in [0.25, 0.3) is 5.56 Å². The second kappa shape index (κ2) is 4.73. The van der Waals surface area contributed by atoms with Gasteiger partial charge in [-0.05, 0) is 34.2 Å². The molecule has 1 N–H and O–H groups in total. The van der Waals surface area contributed by atoms with Crippen LogP contribution in [0.3, 0.4) is 0 Å². The quantitative estimate of drug-likeness (QED) is 0.858. The fourth-order valence-corrected chi connectivity index (χ4v) is 1.60. The molecular weight excluding hydrogens is 322 g/mol. The maximum absolute atomic E-state index is 13.3. The van der Waals surface area contributed by atoms with Crippen molar-refractivity contribution in [2.45, 2.75) is 6.42 Å². The van der Waals surface area contributed by atoms with Crippen LogP contribution in [0.5, 0.6) is 0 Å². The lowest BCUT2D eigenvalue weighted by Gasteiger charge is -2.02. The first kappa shape index (κ1) is 11.3. The summed E-state index contributed by atoms with van der Waals surface area (Å²) in [5.41, 5.74) is 0.328. The molecule has 0 aliphatic rings. The highest BCUT2D eigenvalue weighted by molar-refractivity contribution is 14.1. The number of hydrogen-bond acceptors (Lipinski definition) is 2. The standard InChI is InChI=1S/C11H8FIN2O/c12-8-4-2-1-3-7(8)5-10-14-6-9(13)11(16)15-10/h1-4,6H,5H2,(H,14,15,16). The fourth-order valence-electron chi connectivity index (χ4n) is 1.33. The van der Waals surface area contributed by atoms with E-state index in [1.807, 2.05) is 22.6 Å². The molecule has 3 nitrogen and oxygen atoms in total. The summed E-state index contributed by atoms with van der Waals surface area (Å²) < 4.78 is 13.9. The minimum atomic E-state index is -0.288. The monoisotopic (exact) mass is 330 g/mol. The van der Waals surface area contributed by atoms with Crippen LogP contribution in [0.15, 0.2) is 35.3 Å². The minimum Gasteiger partial charge on any atom is -0.309 e. The summed E-state index contributed by atoms with van der Waals surface area (Å²) in [4.78, 5) is 18.0. The molecule has 1 aromatic heterocycles. The van der Waals surface area contributed by atoms with E-state index in [-0.39, 0.29) is 11.4 Å². The molecule has 82 valence electrons. The minimum absolute atomic E-state index is 0.193. The zero-order valence-electron chi connectivity index (χ0n) is 8.21. The molecule has 2 aromatic rings. The zero-order valence-corrected chi connectivity index (χ0v) is 10.4. The Bertz CT molecular complexity index is 568. The number of nitrogens with zero attached hydrogens (tertiary/aromatic N) is 1. The largest absolute Gasteiger partial charge is 0.309 e. The number of H-pyrrole nitrogens is 1. The Labute approximate surface area is 105 Å². The van der Waals surface area contributed by atoms with Crippen molar-refractivity contribution in [3.63, 3.8) is 0 Å². The molecule has 1 heterocycles. The Hall–Kier alpha value is -1.24. The van der Waals surface area contributed by atoms with Gasteiger partial charge in [0, 0.05) is 12.6 Å². The summed E-state index contributed by atoms with van der Waals surface area (Å²) in [6.45, 7) is 0. The maximum Gasteiger partial charge on any atom is 0.264 e. The van der Waals surface area contributed by atoms with Crippen LogP contribution in [0.4, 0.5) is 4.39 Å². The molecule has 0 aliphatic heterocycles. The third-order valence-corrected chi connectivity index (χ3v) is 2.89. The first-order chi connectivity index (χ1) is 7.66. The van der Waals surface area contributed by atoms with Gasteiger partial charge in [-0.1, -0.05) is 18.2 Å². The first-order valence-electron chi connectivity index (χ1n) is 4.64. The molecule has 0 saturated heterocycles. The van der Waals surface area contributed by atoms with Crippen molar-refractivity contribution in [3.05, 3.63) is 61.6 Å². The molecule has 0 atom stereocenters. The van der Waals surface area contributed by atoms with Crippen LogP contribution in [-0.2, 0) is 6.42 Å². The van der Waals surface area contributed by atoms with Gasteiger partial charge in [-0.3, -0.25) is 4.79 Å². The van der Waals surface area contributed by atoms with Crippen molar-refractivity contribution in [2.75, 3.05) is 0 Å². The van der Waals surface area contributed by atoms with Gasteiger partial charge >= 0.3 is 0 Å². The van der Waals surface area contributed by atoms with E-state index in [4.69, 9.17) is 0 Å². The van der Waals surface area contributed by atoms with Crippen LogP contribution < -0.4 is 5.56 Å². The van der Waals surface area contributed by atoms with Crippen molar-refractivity contribution in [1.82, 2.24) is 9.97 Å². The number of benzene rings is 1. The van der Waals surface area contributed by atoms with Crippen molar-refractivity contribution < 1.29 is 4.39 Å². The normalized spacial score (nSPS) is 10.4. The smallest absolute Gasteiger partial charge is 0.264 e. The van der Waals surface area contributed by atoms with Crippen LogP contribution >= 0.6 is 22.6 Å². The van der Waals surface area contributed by atoms with E-state index < -0.39 is 0 Å². The van der Waals surface area contributed by atoms with Gasteiger partial charge < -0.3 is 4.98 Å². The second-order valence-electron chi connectivity index (χ2n) is 3.28. The topological polar surface area (TPSA) is 45.8 Å². The van der Waals surface area contributed by atoms with Crippen LogP contribution in [0, 0.1) is 9.39 Å². The number of halogens is 2. The SMILES string of the molecule is O=c1[nH]c(Cc2ccccc2F)ncc1I. The highest BCUT2D eigenvalue weighted by atomic mass is 127. The molecule has 0 fully saturated rings. The van der Waals surface area contributed by atoms with Gasteiger partial charge in [-0.15, -0.1) is 0 Å². The molecule has 0 saturated carbocycles. The lowest BCUT2D eigenvalue weighted by atomic mass is 10.1. The molecule has 5 heteroatoms. The summed E-state index contributed by atoms with van der Waals surface area (Å²) in [6, 6.07) is 6.44. The summed E-state index contributed by atoms with van der Waals surface area (Å²) in [5.74, 6) is 0.180. The van der Waals surface area contributed by atoms with Crippen molar-refractivity contribution in [3.8, 4) is 0 Å². The molecule has 0 bridgehead atoms. The van der Waals surface area contributed by atoms with Crippen LogP contribution in [0.25, 0.3) is 0 Å². The highest BCUT2D eigenvalue weighted by Gasteiger charge is 2.04. The molecule has 0 radical (unpaired) electrons. The van der Waals surface area contributed by atoms with E-state index in [2.05, 4.69) is 9.97 Å². The number of aromatic nitrogens is 2. The predicted molar refractivity (Wildman–Crippen MR) is 66.8 cm³/mol. The van der Waals surface area contributed by atoms with Crippen molar-refractivity contribution in [2.24, 2.45) is 0 Å². The Morgan fingerprint density at radius 2 is 2.12 bits per heavy atom. The van der Waals surface area contributed by atoms with Crippen LogP contribution in [0.1, 0.15) is 11.4 Å². The van der Waals surface area contributed by atoms with Gasteiger partial charge in [0.1, 0.15) is 11.6 Å².